The molecule has 0 bridgehead atoms. The molecule has 6 heteroatoms. The van der Waals surface area contributed by atoms with Crippen LogP contribution in [0.3, 0.4) is 0 Å². The van der Waals surface area contributed by atoms with E-state index in [9.17, 15) is 19.6 Å². The predicted molar refractivity (Wildman–Crippen MR) is 144 cm³/mol. The summed E-state index contributed by atoms with van der Waals surface area (Å²) in [5.41, 5.74) is -0.997. The first-order valence-corrected chi connectivity index (χ1v) is 14.3. The first-order chi connectivity index (χ1) is 17.5. The first-order valence-electron chi connectivity index (χ1n) is 14.3. The highest BCUT2D eigenvalue weighted by Crippen LogP contribution is 2.74. The largest absolute Gasteiger partial charge is 0.295 e. The van der Waals surface area contributed by atoms with Crippen LogP contribution in [0.5, 0.6) is 0 Å². The summed E-state index contributed by atoms with van der Waals surface area (Å²) in [7, 11) is 1.36. The first kappa shape index (κ1) is 27.3. The van der Waals surface area contributed by atoms with Gasteiger partial charge in [0, 0.05) is 16.7 Å². The number of allylic oxidation sites excluding steroid dienone is 4. The summed E-state index contributed by atoms with van der Waals surface area (Å²) in [4.78, 5) is 46.4. The fraction of sp³-hybridized carbons (Fsp3) is 0.750. The number of rotatable bonds is 2. The number of nitriles is 1. The van der Waals surface area contributed by atoms with Gasteiger partial charge in [0.25, 0.3) is 5.91 Å². The molecular formula is C32H44N2O4. The molecule has 3 fully saturated rings. The third-order valence-corrected chi connectivity index (χ3v) is 12.6. The van der Waals surface area contributed by atoms with Gasteiger partial charge in [0.05, 0.1) is 12.5 Å². The second-order valence-corrected chi connectivity index (χ2v) is 15.0. The Morgan fingerprint density at radius 1 is 1.03 bits per heavy atom. The van der Waals surface area contributed by atoms with E-state index in [-0.39, 0.29) is 56.9 Å². The van der Waals surface area contributed by atoms with Crippen molar-refractivity contribution in [3.8, 4) is 6.19 Å². The summed E-state index contributed by atoms with van der Waals surface area (Å²) in [6, 6.07) is 0. The molecule has 0 heterocycles. The summed E-state index contributed by atoms with van der Waals surface area (Å²) in [6.07, 6.45) is 13.2. The fourth-order valence-electron chi connectivity index (χ4n) is 10.1. The Labute approximate surface area is 227 Å². The van der Waals surface area contributed by atoms with E-state index in [4.69, 9.17) is 4.84 Å². The number of carbonyl (C=O) groups is 3. The van der Waals surface area contributed by atoms with Crippen LogP contribution in [0.1, 0.15) is 93.4 Å². The molecule has 0 N–H and O–H groups in total. The lowest BCUT2D eigenvalue weighted by atomic mass is 9.34. The zero-order valence-corrected chi connectivity index (χ0v) is 24.4. The van der Waals surface area contributed by atoms with Crippen molar-refractivity contribution < 1.29 is 19.2 Å². The molecule has 38 heavy (non-hydrogen) atoms. The van der Waals surface area contributed by atoms with Crippen LogP contribution >= 0.6 is 0 Å². The summed E-state index contributed by atoms with van der Waals surface area (Å²) in [5, 5.41) is 10.5. The van der Waals surface area contributed by atoms with Crippen molar-refractivity contribution in [2.24, 2.45) is 50.2 Å². The van der Waals surface area contributed by atoms with Crippen LogP contribution in [0.2, 0.25) is 0 Å². The number of amides is 1. The minimum atomic E-state index is -0.775. The Kier molecular flexibility index (Phi) is 5.84. The Hall–Kier alpha value is -2.26. The van der Waals surface area contributed by atoms with Crippen molar-refractivity contribution in [2.45, 2.75) is 93.4 Å². The Morgan fingerprint density at radius 2 is 1.68 bits per heavy atom. The summed E-state index contributed by atoms with van der Waals surface area (Å²) >= 11 is 0. The van der Waals surface area contributed by atoms with E-state index < -0.39 is 10.8 Å². The normalized spacial score (nSPS) is 44.5. The molecule has 5 rings (SSSR count). The zero-order valence-electron chi connectivity index (χ0n) is 24.4. The Morgan fingerprint density at radius 3 is 2.32 bits per heavy atom. The lowest BCUT2D eigenvalue weighted by molar-refractivity contribution is -0.201. The Bertz CT molecular complexity index is 1210. The maximum Gasteiger partial charge on any atom is 0.266 e. The molecule has 1 amide bonds. The third-order valence-electron chi connectivity index (χ3n) is 12.6. The molecule has 7 atom stereocenters. The zero-order chi connectivity index (χ0) is 28.1. The molecule has 0 aromatic heterocycles. The molecular weight excluding hydrogens is 476 g/mol. The Balaban J connectivity index is 1.67. The van der Waals surface area contributed by atoms with Gasteiger partial charge in [-0.3, -0.25) is 19.2 Å². The van der Waals surface area contributed by atoms with Gasteiger partial charge in [-0.15, -0.1) is 5.06 Å². The highest BCUT2D eigenvalue weighted by atomic mass is 16.7. The van der Waals surface area contributed by atoms with Crippen LogP contribution in [0.15, 0.2) is 23.8 Å². The van der Waals surface area contributed by atoms with E-state index in [1.165, 1.54) is 12.7 Å². The van der Waals surface area contributed by atoms with Crippen molar-refractivity contribution in [1.82, 2.24) is 5.06 Å². The van der Waals surface area contributed by atoms with Gasteiger partial charge >= 0.3 is 0 Å². The van der Waals surface area contributed by atoms with Gasteiger partial charge in [-0.2, -0.15) is 5.26 Å². The third kappa shape index (κ3) is 3.23. The van der Waals surface area contributed by atoms with E-state index in [2.05, 4.69) is 54.5 Å². The van der Waals surface area contributed by atoms with E-state index in [1.54, 1.807) is 6.08 Å². The summed E-state index contributed by atoms with van der Waals surface area (Å²) in [5.74, 6) is -0.316. The van der Waals surface area contributed by atoms with Gasteiger partial charge in [0.1, 0.15) is 0 Å². The van der Waals surface area contributed by atoms with Gasteiger partial charge in [-0.1, -0.05) is 60.1 Å². The van der Waals surface area contributed by atoms with Crippen LogP contribution in [-0.4, -0.2) is 29.6 Å². The average Bonchev–Trinajstić information content (AvgIpc) is 2.83. The predicted octanol–water partition coefficient (Wildman–Crippen LogP) is 6.18. The smallest absolute Gasteiger partial charge is 0.266 e. The molecule has 5 aliphatic rings. The molecule has 7 unspecified atom stereocenters. The van der Waals surface area contributed by atoms with Crippen LogP contribution < -0.4 is 0 Å². The average molecular weight is 521 g/mol. The monoisotopic (exact) mass is 520 g/mol. The van der Waals surface area contributed by atoms with E-state index in [0.29, 0.717) is 12.8 Å². The van der Waals surface area contributed by atoms with Crippen molar-refractivity contribution >= 4 is 17.5 Å². The standard InChI is InChI=1S/C32H44N2O4/c1-27(2)13-15-32(26(37)34(19-33)38-8)16-14-31(7)25(20(32)18-27)21(35)17-23-29(5)11-10-24(36)28(3,4)22(29)9-12-30(23,31)6/h10-11,17,20,22,25H,9,12-16,18H2,1-8H3. The second-order valence-electron chi connectivity index (χ2n) is 15.0. The molecule has 5 aliphatic carbocycles. The number of fused-ring (bicyclic) bond motifs is 7. The van der Waals surface area contributed by atoms with Gasteiger partial charge < -0.3 is 0 Å². The SMILES string of the molecule is CON(C#N)C(=O)C12CCC(C)(C)CC1C1C(=O)C=C3C4(C)C=CC(=O)C(C)(C)C4CCC3(C)C1(C)CC2. The maximum atomic E-state index is 14.4. The molecule has 6 nitrogen and oxygen atoms in total. The molecule has 0 aromatic rings. The highest BCUT2D eigenvalue weighted by molar-refractivity contribution is 5.98. The fourth-order valence-corrected chi connectivity index (χ4v) is 10.1. The van der Waals surface area contributed by atoms with E-state index in [1.807, 2.05) is 12.3 Å². The minimum Gasteiger partial charge on any atom is -0.295 e. The van der Waals surface area contributed by atoms with Gasteiger partial charge in [-0.05, 0) is 85.2 Å². The van der Waals surface area contributed by atoms with Crippen molar-refractivity contribution in [2.75, 3.05) is 7.11 Å². The van der Waals surface area contributed by atoms with Crippen LogP contribution in [0.4, 0.5) is 0 Å². The molecule has 0 aromatic carbocycles. The van der Waals surface area contributed by atoms with Crippen LogP contribution in [0.25, 0.3) is 0 Å². The lowest BCUT2D eigenvalue weighted by Crippen LogP contribution is -2.66. The molecule has 3 saturated carbocycles. The maximum absolute atomic E-state index is 14.4. The molecule has 206 valence electrons. The molecule has 0 saturated heterocycles. The summed E-state index contributed by atoms with van der Waals surface area (Å²) < 4.78 is 0. The number of hydrogen-bond acceptors (Lipinski definition) is 5. The summed E-state index contributed by atoms with van der Waals surface area (Å²) in [6.45, 7) is 15.5. The second kappa shape index (κ2) is 8.13. The highest BCUT2D eigenvalue weighted by Gasteiger charge is 2.70. The van der Waals surface area contributed by atoms with Gasteiger partial charge in [0.15, 0.2) is 11.6 Å². The molecule has 0 spiro atoms. The topological polar surface area (TPSA) is 87.5 Å². The minimum absolute atomic E-state index is 0.00253. The molecule has 0 aliphatic heterocycles. The molecule has 0 radical (unpaired) electrons. The van der Waals surface area contributed by atoms with Crippen molar-refractivity contribution in [3.63, 3.8) is 0 Å². The number of ketones is 2. The van der Waals surface area contributed by atoms with E-state index >= 15 is 0 Å². The number of carbonyl (C=O) groups excluding carboxylic acids is 3. The van der Waals surface area contributed by atoms with Crippen molar-refractivity contribution in [3.05, 3.63) is 23.8 Å². The number of nitrogens with zero attached hydrogens (tertiary/aromatic N) is 2. The van der Waals surface area contributed by atoms with Crippen LogP contribution in [-0.2, 0) is 19.2 Å². The van der Waals surface area contributed by atoms with Gasteiger partial charge in [-0.25, -0.2) is 0 Å². The quantitative estimate of drug-likeness (QED) is 0.246. The van der Waals surface area contributed by atoms with Crippen LogP contribution in [0, 0.1) is 61.7 Å². The number of hydroxylamine groups is 2. The number of hydrogen-bond donors (Lipinski definition) is 0. The van der Waals surface area contributed by atoms with Gasteiger partial charge in [0.2, 0.25) is 6.19 Å². The van der Waals surface area contributed by atoms with Crippen molar-refractivity contribution in [1.29, 1.82) is 5.26 Å². The van der Waals surface area contributed by atoms with E-state index in [0.717, 1.165) is 37.2 Å². The lowest BCUT2D eigenvalue weighted by Gasteiger charge is -2.68.